The molecule has 0 aliphatic heterocycles. The highest BCUT2D eigenvalue weighted by Crippen LogP contribution is 2.34. The molecular formula is C15H13F2N7O. The Morgan fingerprint density at radius 1 is 1.32 bits per heavy atom. The smallest absolute Gasteiger partial charge is 0.243 e. The summed E-state index contributed by atoms with van der Waals surface area (Å²) in [5.74, 6) is -0.393. The first kappa shape index (κ1) is 15.2. The predicted octanol–water partition coefficient (Wildman–Crippen LogP) is 1.84. The normalized spacial score (nSPS) is 11.5. The van der Waals surface area contributed by atoms with Gasteiger partial charge in [-0.1, -0.05) is 11.3 Å². The van der Waals surface area contributed by atoms with Gasteiger partial charge in [-0.15, -0.1) is 10.2 Å². The van der Waals surface area contributed by atoms with Gasteiger partial charge in [0.15, 0.2) is 5.82 Å². The molecule has 0 aliphatic rings. The Kier molecular flexibility index (Phi) is 3.45. The number of anilines is 1. The van der Waals surface area contributed by atoms with E-state index in [0.29, 0.717) is 22.1 Å². The standard InChI is InChI=1S/C15H13F2N7O/c1-25-14-13-12(9(17)7-24(13)21-15(18)19-14)8-2-3-10-11(6-8)23(5-4-16)22-20-10/h2-3,6-7H,4-5H2,1H3,(H2,18,21). The Bertz CT molecular complexity index is 1090. The summed E-state index contributed by atoms with van der Waals surface area (Å²) in [5.41, 5.74) is 7.95. The number of alkyl halides is 1. The van der Waals surface area contributed by atoms with Crippen molar-refractivity contribution in [1.82, 2.24) is 29.6 Å². The molecule has 3 aromatic heterocycles. The minimum absolute atomic E-state index is 0.0356. The van der Waals surface area contributed by atoms with Gasteiger partial charge < -0.3 is 10.5 Å². The number of fused-ring (bicyclic) bond motifs is 2. The first-order valence-corrected chi connectivity index (χ1v) is 7.40. The van der Waals surface area contributed by atoms with E-state index in [1.54, 1.807) is 18.2 Å². The summed E-state index contributed by atoms with van der Waals surface area (Å²) in [6.07, 6.45) is 1.20. The molecule has 0 radical (unpaired) electrons. The molecule has 4 rings (SSSR count). The van der Waals surface area contributed by atoms with Crippen molar-refractivity contribution >= 4 is 22.5 Å². The largest absolute Gasteiger partial charge is 0.479 e. The minimum Gasteiger partial charge on any atom is -0.479 e. The summed E-state index contributed by atoms with van der Waals surface area (Å²) >= 11 is 0. The molecule has 0 aliphatic carbocycles. The third-order valence-electron chi connectivity index (χ3n) is 3.86. The molecule has 10 heteroatoms. The van der Waals surface area contributed by atoms with E-state index in [2.05, 4.69) is 20.4 Å². The number of hydrogen-bond donors (Lipinski definition) is 1. The first-order chi connectivity index (χ1) is 12.1. The molecule has 0 bridgehead atoms. The van der Waals surface area contributed by atoms with Crippen molar-refractivity contribution < 1.29 is 13.5 Å². The number of nitrogens with two attached hydrogens (primary N) is 1. The second kappa shape index (κ2) is 5.65. The maximum atomic E-state index is 14.6. The van der Waals surface area contributed by atoms with Crippen molar-refractivity contribution in [3.8, 4) is 17.0 Å². The van der Waals surface area contributed by atoms with Crippen molar-refractivity contribution in [2.45, 2.75) is 6.54 Å². The predicted molar refractivity (Wildman–Crippen MR) is 86.4 cm³/mol. The molecular weight excluding hydrogens is 332 g/mol. The van der Waals surface area contributed by atoms with Gasteiger partial charge in [-0.2, -0.15) is 4.98 Å². The average Bonchev–Trinajstić information content (AvgIpc) is 3.14. The van der Waals surface area contributed by atoms with Gasteiger partial charge in [0, 0.05) is 0 Å². The topological polar surface area (TPSA) is 96.2 Å². The van der Waals surface area contributed by atoms with Gasteiger partial charge in [-0.25, -0.2) is 18.0 Å². The molecule has 2 N–H and O–H groups in total. The number of aromatic nitrogens is 6. The third kappa shape index (κ3) is 2.33. The lowest BCUT2D eigenvalue weighted by Gasteiger charge is -2.06. The lowest BCUT2D eigenvalue weighted by Crippen LogP contribution is -2.03. The Morgan fingerprint density at radius 3 is 2.92 bits per heavy atom. The summed E-state index contributed by atoms with van der Waals surface area (Å²) in [4.78, 5) is 4.00. The molecule has 3 heterocycles. The van der Waals surface area contributed by atoms with Crippen LogP contribution in [-0.4, -0.2) is 43.4 Å². The Labute approximate surface area is 139 Å². The van der Waals surface area contributed by atoms with E-state index < -0.39 is 12.5 Å². The van der Waals surface area contributed by atoms with Gasteiger partial charge in [0.1, 0.15) is 17.7 Å². The maximum absolute atomic E-state index is 14.6. The SMILES string of the molecule is COc1nc(N)nn2cc(F)c(-c3ccc4nnn(CCF)c4c3)c12. The van der Waals surface area contributed by atoms with E-state index in [1.165, 1.54) is 22.5 Å². The Hall–Kier alpha value is -3.30. The molecule has 0 saturated heterocycles. The fourth-order valence-corrected chi connectivity index (χ4v) is 2.82. The molecule has 0 amide bonds. The fourth-order valence-electron chi connectivity index (χ4n) is 2.82. The van der Waals surface area contributed by atoms with Gasteiger partial charge in [0.25, 0.3) is 0 Å². The van der Waals surface area contributed by atoms with Crippen LogP contribution >= 0.6 is 0 Å². The van der Waals surface area contributed by atoms with Crippen LogP contribution in [0.4, 0.5) is 14.7 Å². The van der Waals surface area contributed by atoms with Crippen LogP contribution in [0.5, 0.6) is 5.88 Å². The van der Waals surface area contributed by atoms with Crippen LogP contribution in [0.25, 0.3) is 27.7 Å². The number of halogens is 2. The monoisotopic (exact) mass is 345 g/mol. The number of benzene rings is 1. The van der Waals surface area contributed by atoms with Crippen molar-refractivity contribution in [3.05, 3.63) is 30.2 Å². The summed E-state index contributed by atoms with van der Waals surface area (Å²) in [7, 11) is 1.42. The molecule has 0 saturated carbocycles. The van der Waals surface area contributed by atoms with E-state index in [0.717, 1.165) is 0 Å². The fraction of sp³-hybridized carbons (Fsp3) is 0.200. The summed E-state index contributed by atoms with van der Waals surface area (Å²) in [6, 6.07) is 5.09. The van der Waals surface area contributed by atoms with E-state index in [-0.39, 0.29) is 23.9 Å². The van der Waals surface area contributed by atoms with Crippen molar-refractivity contribution in [1.29, 1.82) is 0 Å². The zero-order valence-electron chi connectivity index (χ0n) is 13.1. The van der Waals surface area contributed by atoms with Crippen molar-refractivity contribution in [2.75, 3.05) is 19.5 Å². The summed E-state index contributed by atoms with van der Waals surface area (Å²) in [5, 5.41) is 11.8. The highest BCUT2D eigenvalue weighted by atomic mass is 19.1. The van der Waals surface area contributed by atoms with Crippen LogP contribution in [0.15, 0.2) is 24.4 Å². The molecule has 0 fully saturated rings. The Balaban J connectivity index is 1.99. The van der Waals surface area contributed by atoms with Crippen LogP contribution in [0.1, 0.15) is 0 Å². The lowest BCUT2D eigenvalue weighted by atomic mass is 10.1. The zero-order chi connectivity index (χ0) is 17.6. The molecule has 1 aromatic carbocycles. The highest BCUT2D eigenvalue weighted by molar-refractivity contribution is 5.89. The lowest BCUT2D eigenvalue weighted by molar-refractivity contribution is 0.400. The number of ether oxygens (including phenoxy) is 1. The van der Waals surface area contributed by atoms with Crippen molar-refractivity contribution in [2.24, 2.45) is 0 Å². The van der Waals surface area contributed by atoms with E-state index in [1.807, 2.05) is 0 Å². The van der Waals surface area contributed by atoms with Crippen LogP contribution in [0, 0.1) is 5.82 Å². The number of methoxy groups -OCH3 is 1. The third-order valence-corrected chi connectivity index (χ3v) is 3.86. The second-order valence-electron chi connectivity index (χ2n) is 5.33. The van der Waals surface area contributed by atoms with Crippen LogP contribution < -0.4 is 10.5 Å². The zero-order valence-corrected chi connectivity index (χ0v) is 13.1. The molecule has 0 atom stereocenters. The Morgan fingerprint density at radius 2 is 2.16 bits per heavy atom. The van der Waals surface area contributed by atoms with Crippen LogP contribution in [-0.2, 0) is 6.54 Å². The minimum atomic E-state index is -0.576. The van der Waals surface area contributed by atoms with Gasteiger partial charge in [-0.05, 0) is 17.7 Å². The van der Waals surface area contributed by atoms with Gasteiger partial charge in [0.05, 0.1) is 30.9 Å². The molecule has 25 heavy (non-hydrogen) atoms. The molecule has 0 unspecified atom stereocenters. The number of nitrogen functional groups attached to an aromatic ring is 1. The number of hydrogen-bond acceptors (Lipinski definition) is 6. The summed E-state index contributed by atoms with van der Waals surface area (Å²) in [6.45, 7) is -0.505. The van der Waals surface area contributed by atoms with E-state index >= 15 is 0 Å². The number of nitrogens with zero attached hydrogens (tertiary/aromatic N) is 6. The molecule has 4 aromatic rings. The van der Waals surface area contributed by atoms with Gasteiger partial charge in [0.2, 0.25) is 11.8 Å². The van der Waals surface area contributed by atoms with Crippen molar-refractivity contribution in [3.63, 3.8) is 0 Å². The quantitative estimate of drug-likeness (QED) is 0.606. The van der Waals surface area contributed by atoms with Gasteiger partial charge >= 0.3 is 0 Å². The first-order valence-electron chi connectivity index (χ1n) is 7.40. The van der Waals surface area contributed by atoms with Gasteiger partial charge in [-0.3, -0.25) is 0 Å². The highest BCUT2D eigenvalue weighted by Gasteiger charge is 2.20. The van der Waals surface area contributed by atoms with Crippen LogP contribution in [0.3, 0.4) is 0 Å². The van der Waals surface area contributed by atoms with E-state index in [4.69, 9.17) is 10.5 Å². The number of aryl methyl sites for hydroxylation is 1. The molecule has 128 valence electrons. The second-order valence-corrected chi connectivity index (χ2v) is 5.33. The maximum Gasteiger partial charge on any atom is 0.243 e. The molecule has 8 nitrogen and oxygen atoms in total. The average molecular weight is 345 g/mol. The van der Waals surface area contributed by atoms with E-state index in [9.17, 15) is 8.78 Å². The van der Waals surface area contributed by atoms with Crippen LogP contribution in [0.2, 0.25) is 0 Å². The number of rotatable bonds is 4. The molecule has 0 spiro atoms. The summed E-state index contributed by atoms with van der Waals surface area (Å²) < 4.78 is 35.2.